The number of carbonyl (C=O) groups excluding carboxylic acids is 1. The van der Waals surface area contributed by atoms with Crippen molar-refractivity contribution in [2.24, 2.45) is 5.92 Å². The summed E-state index contributed by atoms with van der Waals surface area (Å²) in [6.45, 7) is 3.57. The topological polar surface area (TPSA) is 56.7 Å². The standard InChI is InChI=1S/C17H25N3O2/c21-13-14-6-5-11-20(12-14)17(22)15-7-4-8-18-16(15)19-9-2-1-3-10-19/h4,7-8,14,21H,1-3,5-6,9-13H2. The normalized spacial score (nSPS) is 22.7. The van der Waals surface area contributed by atoms with Crippen LogP contribution in [-0.2, 0) is 0 Å². The van der Waals surface area contributed by atoms with Crippen LogP contribution in [0.1, 0.15) is 42.5 Å². The van der Waals surface area contributed by atoms with E-state index < -0.39 is 0 Å². The number of nitrogens with zero attached hydrogens (tertiary/aromatic N) is 3. The molecular formula is C17H25N3O2. The lowest BCUT2D eigenvalue weighted by Gasteiger charge is -2.34. The first-order chi connectivity index (χ1) is 10.8. The Morgan fingerprint density at radius 2 is 2.05 bits per heavy atom. The largest absolute Gasteiger partial charge is 0.396 e. The molecule has 1 unspecified atom stereocenters. The summed E-state index contributed by atoms with van der Waals surface area (Å²) in [6.07, 6.45) is 7.34. The van der Waals surface area contributed by atoms with Crippen LogP contribution in [0, 0.1) is 5.92 Å². The number of aliphatic hydroxyl groups is 1. The Balaban J connectivity index is 1.80. The maximum Gasteiger partial charge on any atom is 0.257 e. The van der Waals surface area contributed by atoms with E-state index in [-0.39, 0.29) is 18.4 Å². The first-order valence-electron chi connectivity index (χ1n) is 8.39. The van der Waals surface area contributed by atoms with E-state index >= 15 is 0 Å². The Morgan fingerprint density at radius 3 is 2.82 bits per heavy atom. The van der Waals surface area contributed by atoms with Crippen molar-refractivity contribution in [2.75, 3.05) is 37.7 Å². The van der Waals surface area contributed by atoms with Crippen molar-refractivity contribution in [3.05, 3.63) is 23.9 Å². The molecule has 3 rings (SSSR count). The second-order valence-corrected chi connectivity index (χ2v) is 6.36. The van der Waals surface area contributed by atoms with Crippen molar-refractivity contribution in [1.82, 2.24) is 9.88 Å². The fraction of sp³-hybridized carbons (Fsp3) is 0.647. The van der Waals surface area contributed by atoms with Gasteiger partial charge in [-0.1, -0.05) is 0 Å². The minimum Gasteiger partial charge on any atom is -0.396 e. The molecule has 0 aliphatic carbocycles. The molecule has 120 valence electrons. The molecule has 5 heteroatoms. The van der Waals surface area contributed by atoms with Gasteiger partial charge in [0, 0.05) is 39.0 Å². The van der Waals surface area contributed by atoms with Gasteiger partial charge in [0.05, 0.1) is 5.56 Å². The minimum absolute atomic E-state index is 0.0619. The summed E-state index contributed by atoms with van der Waals surface area (Å²) in [4.78, 5) is 21.5. The fourth-order valence-electron chi connectivity index (χ4n) is 3.49. The number of carbonyl (C=O) groups is 1. The summed E-state index contributed by atoms with van der Waals surface area (Å²) in [5.74, 6) is 1.11. The molecule has 2 aliphatic heterocycles. The first kappa shape index (κ1) is 15.3. The molecule has 2 aliphatic rings. The number of aliphatic hydroxyl groups excluding tert-OH is 1. The first-order valence-corrected chi connectivity index (χ1v) is 8.39. The van der Waals surface area contributed by atoms with E-state index in [1.165, 1.54) is 19.3 Å². The predicted molar refractivity (Wildman–Crippen MR) is 86.0 cm³/mol. The highest BCUT2D eigenvalue weighted by atomic mass is 16.3. The van der Waals surface area contributed by atoms with Crippen LogP contribution in [0.15, 0.2) is 18.3 Å². The number of aromatic nitrogens is 1. The molecule has 5 nitrogen and oxygen atoms in total. The number of hydrogen-bond acceptors (Lipinski definition) is 4. The SMILES string of the molecule is O=C(c1cccnc1N1CCCCC1)N1CCCC(CO)C1. The summed E-state index contributed by atoms with van der Waals surface area (Å²) >= 11 is 0. The molecule has 3 heterocycles. The van der Waals surface area contributed by atoms with Crippen molar-refractivity contribution in [1.29, 1.82) is 0 Å². The molecule has 0 saturated carbocycles. The van der Waals surface area contributed by atoms with Crippen LogP contribution < -0.4 is 4.90 Å². The predicted octanol–water partition coefficient (Wildman–Crippen LogP) is 1.92. The zero-order valence-electron chi connectivity index (χ0n) is 13.1. The number of likely N-dealkylation sites (tertiary alicyclic amines) is 1. The second kappa shape index (κ2) is 7.09. The number of pyridine rings is 1. The average molecular weight is 303 g/mol. The van der Waals surface area contributed by atoms with Crippen LogP contribution in [0.4, 0.5) is 5.82 Å². The van der Waals surface area contributed by atoms with E-state index in [2.05, 4.69) is 9.88 Å². The van der Waals surface area contributed by atoms with Gasteiger partial charge in [-0.25, -0.2) is 4.98 Å². The third-order valence-electron chi connectivity index (χ3n) is 4.74. The second-order valence-electron chi connectivity index (χ2n) is 6.36. The maximum atomic E-state index is 12.9. The van der Waals surface area contributed by atoms with Crippen LogP contribution in [0.25, 0.3) is 0 Å². The van der Waals surface area contributed by atoms with Gasteiger partial charge >= 0.3 is 0 Å². The zero-order valence-corrected chi connectivity index (χ0v) is 13.1. The Labute approximate surface area is 131 Å². The number of hydrogen-bond donors (Lipinski definition) is 1. The van der Waals surface area contributed by atoms with Gasteiger partial charge in [0.2, 0.25) is 0 Å². The number of amides is 1. The van der Waals surface area contributed by atoms with Gasteiger partial charge in [0.25, 0.3) is 5.91 Å². The third kappa shape index (κ3) is 3.24. The Morgan fingerprint density at radius 1 is 1.23 bits per heavy atom. The van der Waals surface area contributed by atoms with E-state index in [0.29, 0.717) is 12.1 Å². The molecule has 1 aromatic heterocycles. The van der Waals surface area contributed by atoms with Crippen LogP contribution >= 0.6 is 0 Å². The third-order valence-corrected chi connectivity index (χ3v) is 4.74. The van der Waals surface area contributed by atoms with Crippen LogP contribution in [0.5, 0.6) is 0 Å². The molecule has 1 aromatic rings. The Hall–Kier alpha value is -1.62. The maximum absolute atomic E-state index is 12.9. The quantitative estimate of drug-likeness (QED) is 0.927. The Bertz CT molecular complexity index is 514. The molecule has 0 aromatic carbocycles. The number of piperidine rings is 2. The van der Waals surface area contributed by atoms with Crippen molar-refractivity contribution in [2.45, 2.75) is 32.1 Å². The summed E-state index contributed by atoms with van der Waals surface area (Å²) in [5, 5.41) is 9.36. The van der Waals surface area contributed by atoms with Gasteiger partial charge in [0.1, 0.15) is 5.82 Å². The van der Waals surface area contributed by atoms with Crippen molar-refractivity contribution < 1.29 is 9.90 Å². The minimum atomic E-state index is 0.0619. The van der Waals surface area contributed by atoms with E-state index in [9.17, 15) is 9.90 Å². The number of rotatable bonds is 3. The van der Waals surface area contributed by atoms with Gasteiger partial charge in [-0.2, -0.15) is 0 Å². The molecule has 2 saturated heterocycles. The smallest absolute Gasteiger partial charge is 0.257 e. The zero-order chi connectivity index (χ0) is 15.4. The van der Waals surface area contributed by atoms with E-state index in [0.717, 1.165) is 38.3 Å². The highest BCUT2D eigenvalue weighted by molar-refractivity contribution is 5.99. The monoisotopic (exact) mass is 303 g/mol. The molecule has 1 N–H and O–H groups in total. The highest BCUT2D eigenvalue weighted by Gasteiger charge is 2.27. The molecule has 2 fully saturated rings. The van der Waals surface area contributed by atoms with Gasteiger partial charge < -0.3 is 14.9 Å². The lowest BCUT2D eigenvalue weighted by atomic mass is 9.98. The van der Waals surface area contributed by atoms with Crippen LogP contribution in [0.2, 0.25) is 0 Å². The van der Waals surface area contributed by atoms with Gasteiger partial charge in [0.15, 0.2) is 0 Å². The van der Waals surface area contributed by atoms with Gasteiger partial charge in [-0.05, 0) is 50.2 Å². The average Bonchev–Trinajstić information content (AvgIpc) is 2.62. The van der Waals surface area contributed by atoms with Crippen LogP contribution in [-0.4, -0.2) is 53.7 Å². The molecule has 0 radical (unpaired) electrons. The van der Waals surface area contributed by atoms with Gasteiger partial charge in [-0.3, -0.25) is 4.79 Å². The van der Waals surface area contributed by atoms with Crippen molar-refractivity contribution in [3.8, 4) is 0 Å². The molecular weight excluding hydrogens is 278 g/mol. The van der Waals surface area contributed by atoms with Gasteiger partial charge in [-0.15, -0.1) is 0 Å². The summed E-state index contributed by atoms with van der Waals surface area (Å²) in [7, 11) is 0. The summed E-state index contributed by atoms with van der Waals surface area (Å²) < 4.78 is 0. The molecule has 1 atom stereocenters. The molecule has 0 spiro atoms. The van der Waals surface area contributed by atoms with Crippen LogP contribution in [0.3, 0.4) is 0 Å². The summed E-state index contributed by atoms with van der Waals surface area (Å²) in [5.41, 5.74) is 0.711. The molecule has 22 heavy (non-hydrogen) atoms. The Kier molecular flexibility index (Phi) is 4.93. The summed E-state index contributed by atoms with van der Waals surface area (Å²) in [6, 6.07) is 3.73. The van der Waals surface area contributed by atoms with E-state index in [1.54, 1.807) is 6.20 Å². The van der Waals surface area contributed by atoms with Crippen molar-refractivity contribution in [3.63, 3.8) is 0 Å². The number of anilines is 1. The lowest BCUT2D eigenvalue weighted by Crippen LogP contribution is -2.42. The van der Waals surface area contributed by atoms with E-state index in [4.69, 9.17) is 0 Å². The highest BCUT2D eigenvalue weighted by Crippen LogP contribution is 2.25. The van der Waals surface area contributed by atoms with Crippen molar-refractivity contribution >= 4 is 11.7 Å². The lowest BCUT2D eigenvalue weighted by molar-refractivity contribution is 0.0621. The molecule has 0 bridgehead atoms. The fourth-order valence-corrected chi connectivity index (χ4v) is 3.49. The van der Waals surface area contributed by atoms with E-state index in [1.807, 2.05) is 17.0 Å². The molecule has 1 amide bonds.